The molecule has 1 aromatic carbocycles. The van der Waals surface area contributed by atoms with Crippen molar-refractivity contribution in [3.8, 4) is 0 Å². The van der Waals surface area contributed by atoms with Crippen LogP contribution in [0.4, 0.5) is 32.0 Å². The van der Waals surface area contributed by atoms with Gasteiger partial charge in [0, 0.05) is 6.20 Å². The van der Waals surface area contributed by atoms with Gasteiger partial charge in [-0.05, 0) is 24.1 Å². The molecule has 172 valence electrons. The van der Waals surface area contributed by atoms with Crippen LogP contribution >= 0.6 is 23.4 Å². The summed E-state index contributed by atoms with van der Waals surface area (Å²) in [5.74, 6) is -1.18. The van der Waals surface area contributed by atoms with Gasteiger partial charge in [0.2, 0.25) is 5.91 Å². The average molecular weight is 497 g/mol. The summed E-state index contributed by atoms with van der Waals surface area (Å²) >= 11 is 6.66. The number of nitrogens with one attached hydrogen (secondary N) is 1. The SMILES string of the molecule is CC(C)C(Sc1nnc2c(Cl)cc(C(F)(F)F)cn12)C(=O)Nc1ccccc1C(F)(F)F. The average Bonchev–Trinajstić information content (AvgIpc) is 3.08. The van der Waals surface area contributed by atoms with Gasteiger partial charge in [-0.1, -0.05) is 49.3 Å². The predicted molar refractivity (Wildman–Crippen MR) is 108 cm³/mol. The molecule has 0 aliphatic carbocycles. The van der Waals surface area contributed by atoms with Crippen LogP contribution in [-0.4, -0.2) is 25.8 Å². The van der Waals surface area contributed by atoms with E-state index in [0.29, 0.717) is 6.07 Å². The van der Waals surface area contributed by atoms with E-state index in [0.717, 1.165) is 34.5 Å². The van der Waals surface area contributed by atoms with Crippen molar-refractivity contribution in [2.75, 3.05) is 5.32 Å². The third kappa shape index (κ3) is 5.12. The maximum Gasteiger partial charge on any atom is 0.418 e. The normalized spacial score (nSPS) is 13.6. The number of para-hydroxylation sites is 1. The molecule has 0 aliphatic heterocycles. The van der Waals surface area contributed by atoms with Crippen LogP contribution < -0.4 is 5.32 Å². The third-order valence-electron chi connectivity index (χ3n) is 4.34. The Balaban J connectivity index is 1.94. The number of aromatic nitrogens is 3. The summed E-state index contributed by atoms with van der Waals surface area (Å²) in [4.78, 5) is 12.8. The Labute approximate surface area is 187 Å². The number of fused-ring (bicyclic) bond motifs is 1. The Morgan fingerprint density at radius 3 is 2.34 bits per heavy atom. The Bertz CT molecular complexity index is 1150. The fraction of sp³-hybridized carbons (Fsp3) is 0.316. The molecule has 0 spiro atoms. The van der Waals surface area contributed by atoms with Crippen LogP contribution in [0.15, 0.2) is 41.7 Å². The molecule has 0 fully saturated rings. The number of rotatable bonds is 5. The fourth-order valence-electron chi connectivity index (χ4n) is 2.82. The molecular weight excluding hydrogens is 482 g/mol. The fourth-order valence-corrected chi connectivity index (χ4v) is 4.07. The number of hydrogen-bond acceptors (Lipinski definition) is 4. The van der Waals surface area contributed by atoms with Gasteiger partial charge in [-0.25, -0.2) is 0 Å². The number of carbonyl (C=O) groups excluding carboxylic acids is 1. The van der Waals surface area contributed by atoms with E-state index in [1.807, 2.05) is 0 Å². The van der Waals surface area contributed by atoms with Gasteiger partial charge >= 0.3 is 12.4 Å². The number of alkyl halides is 6. The molecule has 3 rings (SSSR count). The van der Waals surface area contributed by atoms with E-state index in [4.69, 9.17) is 11.6 Å². The summed E-state index contributed by atoms with van der Waals surface area (Å²) in [7, 11) is 0. The third-order valence-corrected chi connectivity index (χ3v) is 6.12. The lowest BCUT2D eigenvalue weighted by Gasteiger charge is -2.20. The molecule has 1 amide bonds. The predicted octanol–water partition coefficient (Wildman–Crippen LogP) is 6.18. The van der Waals surface area contributed by atoms with Crippen molar-refractivity contribution < 1.29 is 31.1 Å². The first-order valence-corrected chi connectivity index (χ1v) is 10.3. The standard InChI is InChI=1S/C19H15ClF6N4OS/c1-9(2)14(16(31)27-13-6-4-3-5-11(13)19(24,25)26)32-17-29-28-15-12(20)7-10(8-30(15)17)18(21,22)23/h3-9,14H,1-2H3,(H,27,31). The monoisotopic (exact) mass is 496 g/mol. The van der Waals surface area contributed by atoms with Crippen molar-refractivity contribution in [1.82, 2.24) is 14.6 Å². The minimum atomic E-state index is -4.68. The van der Waals surface area contributed by atoms with E-state index in [1.54, 1.807) is 13.8 Å². The van der Waals surface area contributed by atoms with Crippen LogP contribution in [0, 0.1) is 5.92 Å². The van der Waals surface area contributed by atoms with Crippen molar-refractivity contribution in [1.29, 1.82) is 0 Å². The molecule has 3 aromatic rings. The van der Waals surface area contributed by atoms with E-state index < -0.39 is 46.2 Å². The van der Waals surface area contributed by atoms with Gasteiger partial charge < -0.3 is 5.32 Å². The van der Waals surface area contributed by atoms with Crippen molar-refractivity contribution in [3.05, 3.63) is 52.7 Å². The molecule has 32 heavy (non-hydrogen) atoms. The van der Waals surface area contributed by atoms with Crippen LogP contribution in [0.5, 0.6) is 0 Å². The maximum absolute atomic E-state index is 13.2. The summed E-state index contributed by atoms with van der Waals surface area (Å²) in [5, 5.41) is 8.49. The first-order chi connectivity index (χ1) is 14.8. The van der Waals surface area contributed by atoms with Crippen molar-refractivity contribution in [3.63, 3.8) is 0 Å². The molecule has 0 saturated carbocycles. The number of anilines is 1. The lowest BCUT2D eigenvalue weighted by atomic mass is 10.1. The largest absolute Gasteiger partial charge is 0.418 e. The molecule has 1 N–H and O–H groups in total. The first-order valence-electron chi connectivity index (χ1n) is 9.04. The second-order valence-corrected chi connectivity index (χ2v) is 8.58. The topological polar surface area (TPSA) is 59.3 Å². The molecule has 1 atom stereocenters. The second kappa shape index (κ2) is 8.81. The number of nitrogens with zero attached hydrogens (tertiary/aromatic N) is 3. The summed E-state index contributed by atoms with van der Waals surface area (Å²) in [5.41, 5.74) is -2.53. The Kier molecular flexibility index (Phi) is 6.66. The molecule has 1 unspecified atom stereocenters. The van der Waals surface area contributed by atoms with Crippen LogP contribution in [-0.2, 0) is 17.1 Å². The Hall–Kier alpha value is -2.47. The van der Waals surface area contributed by atoms with Crippen LogP contribution in [0.2, 0.25) is 5.02 Å². The second-order valence-electron chi connectivity index (χ2n) is 7.07. The first kappa shape index (κ1) is 24.2. The molecule has 13 heteroatoms. The van der Waals surface area contributed by atoms with Crippen molar-refractivity contribution >= 4 is 40.6 Å². The summed E-state index contributed by atoms with van der Waals surface area (Å²) in [6.07, 6.45) is -8.61. The minimum Gasteiger partial charge on any atom is -0.325 e. The molecule has 0 saturated heterocycles. The van der Waals surface area contributed by atoms with E-state index in [2.05, 4.69) is 15.5 Å². The Morgan fingerprint density at radius 2 is 1.75 bits per heavy atom. The molecule has 2 heterocycles. The van der Waals surface area contributed by atoms with E-state index >= 15 is 0 Å². The quantitative estimate of drug-likeness (QED) is 0.339. The van der Waals surface area contributed by atoms with Crippen LogP contribution in [0.25, 0.3) is 5.65 Å². The molecular formula is C19H15ClF6N4OS. The van der Waals surface area contributed by atoms with Crippen LogP contribution in [0.1, 0.15) is 25.0 Å². The van der Waals surface area contributed by atoms with E-state index in [-0.39, 0.29) is 15.8 Å². The van der Waals surface area contributed by atoms with Gasteiger partial charge in [0.25, 0.3) is 0 Å². The molecule has 0 bridgehead atoms. The van der Waals surface area contributed by atoms with Crippen molar-refractivity contribution in [2.45, 2.75) is 36.6 Å². The summed E-state index contributed by atoms with van der Waals surface area (Å²) < 4.78 is 80.1. The lowest BCUT2D eigenvalue weighted by molar-refractivity contribution is -0.138. The zero-order valence-electron chi connectivity index (χ0n) is 16.4. The highest BCUT2D eigenvalue weighted by Gasteiger charge is 2.35. The summed E-state index contributed by atoms with van der Waals surface area (Å²) in [6.45, 7) is 3.29. The highest BCUT2D eigenvalue weighted by atomic mass is 35.5. The number of amides is 1. The smallest absolute Gasteiger partial charge is 0.325 e. The molecule has 2 aromatic heterocycles. The van der Waals surface area contributed by atoms with Gasteiger partial charge in [0.05, 0.1) is 27.1 Å². The molecule has 0 radical (unpaired) electrons. The lowest BCUT2D eigenvalue weighted by Crippen LogP contribution is -2.30. The molecule has 0 aliphatic rings. The number of carbonyl (C=O) groups is 1. The number of thioether (sulfide) groups is 1. The zero-order chi connectivity index (χ0) is 23.8. The zero-order valence-corrected chi connectivity index (χ0v) is 18.0. The number of hydrogen-bond donors (Lipinski definition) is 1. The number of benzene rings is 1. The van der Waals surface area contributed by atoms with Gasteiger partial charge in [-0.3, -0.25) is 9.20 Å². The highest BCUT2D eigenvalue weighted by Crippen LogP contribution is 2.37. The Morgan fingerprint density at radius 1 is 1.09 bits per heavy atom. The minimum absolute atomic E-state index is 0.0486. The van der Waals surface area contributed by atoms with Gasteiger partial charge in [-0.15, -0.1) is 10.2 Å². The van der Waals surface area contributed by atoms with Gasteiger partial charge in [0.15, 0.2) is 10.8 Å². The summed E-state index contributed by atoms with van der Waals surface area (Å²) in [6, 6.07) is 5.19. The number of pyridine rings is 1. The molecule has 5 nitrogen and oxygen atoms in total. The highest BCUT2D eigenvalue weighted by molar-refractivity contribution is 8.00. The van der Waals surface area contributed by atoms with E-state index in [1.165, 1.54) is 12.1 Å². The number of halogens is 7. The maximum atomic E-state index is 13.2. The van der Waals surface area contributed by atoms with E-state index in [9.17, 15) is 31.1 Å². The van der Waals surface area contributed by atoms with Gasteiger partial charge in [0.1, 0.15) is 0 Å². The van der Waals surface area contributed by atoms with Gasteiger partial charge in [-0.2, -0.15) is 26.3 Å². The van der Waals surface area contributed by atoms with Crippen molar-refractivity contribution in [2.24, 2.45) is 5.92 Å². The van der Waals surface area contributed by atoms with Crippen LogP contribution in [0.3, 0.4) is 0 Å².